The number of hydrogen-bond acceptors (Lipinski definition) is 5. The largest absolute Gasteiger partial charge is 0.573 e. The van der Waals surface area contributed by atoms with Gasteiger partial charge in [-0.05, 0) is 49.1 Å². The van der Waals surface area contributed by atoms with E-state index in [1.165, 1.54) is 18.2 Å². The van der Waals surface area contributed by atoms with Gasteiger partial charge in [-0.1, -0.05) is 43.1 Å². The van der Waals surface area contributed by atoms with E-state index in [1.54, 1.807) is 16.7 Å². The zero-order valence-corrected chi connectivity index (χ0v) is 21.6. The first-order chi connectivity index (χ1) is 18.2. The number of unbranched alkanes of at least 4 members (excludes halogenated alkanes) is 1. The van der Waals surface area contributed by atoms with Crippen molar-refractivity contribution in [3.8, 4) is 17.5 Å². The summed E-state index contributed by atoms with van der Waals surface area (Å²) in [6.07, 6.45) is -1.06. The van der Waals surface area contributed by atoms with Crippen molar-refractivity contribution >= 4 is 23.3 Å². The number of ether oxygens (including phenoxy) is 2. The molecule has 0 spiro atoms. The Morgan fingerprint density at radius 1 is 1.13 bits per heavy atom. The number of imidazole rings is 1. The number of benzene rings is 2. The number of rotatable bonds is 8. The van der Waals surface area contributed by atoms with Crippen molar-refractivity contribution in [3.05, 3.63) is 64.8 Å². The predicted molar refractivity (Wildman–Crippen MR) is 137 cm³/mol. The molecule has 2 aromatic carbocycles. The van der Waals surface area contributed by atoms with E-state index in [-0.39, 0.29) is 30.3 Å². The fraction of sp³-hybridized carbons (Fsp3) is 0.407. The second kappa shape index (κ2) is 10.8. The van der Waals surface area contributed by atoms with Gasteiger partial charge in [-0.25, -0.2) is 0 Å². The maximum atomic E-state index is 13.9. The van der Waals surface area contributed by atoms with Crippen molar-refractivity contribution in [2.24, 2.45) is 0 Å². The Hall–Kier alpha value is -3.40. The van der Waals surface area contributed by atoms with E-state index in [4.69, 9.17) is 21.3 Å². The van der Waals surface area contributed by atoms with Gasteiger partial charge in [0.1, 0.15) is 11.5 Å². The Bertz CT molecular complexity index is 1300. The zero-order valence-electron chi connectivity index (χ0n) is 20.9. The predicted octanol–water partition coefficient (Wildman–Crippen LogP) is 6.50. The Balaban J connectivity index is 1.58. The SMILES string of the molecule is CCCCN1CC2CCCN2c2nc(Oc3cccc(OC(F)(F)F)c3)n(Cc3ccc(Cl)cc3)c2C1=O. The molecular weight excluding hydrogens is 521 g/mol. The number of fused-ring (bicyclic) bond motifs is 3. The lowest BCUT2D eigenvalue weighted by atomic mass is 10.2. The molecule has 3 heterocycles. The van der Waals surface area contributed by atoms with Crippen molar-refractivity contribution in [1.82, 2.24) is 14.5 Å². The van der Waals surface area contributed by atoms with Gasteiger partial charge in [0.2, 0.25) is 0 Å². The molecule has 202 valence electrons. The third kappa shape index (κ3) is 5.70. The summed E-state index contributed by atoms with van der Waals surface area (Å²) in [6.45, 7) is 4.38. The normalized spacial score (nSPS) is 17.3. The molecule has 3 aromatic rings. The van der Waals surface area contributed by atoms with Crippen LogP contribution in [0.2, 0.25) is 5.02 Å². The van der Waals surface area contributed by atoms with Gasteiger partial charge in [0, 0.05) is 36.8 Å². The summed E-state index contributed by atoms with van der Waals surface area (Å²) in [5.41, 5.74) is 1.28. The minimum absolute atomic E-state index is 0.109. The van der Waals surface area contributed by atoms with E-state index in [1.807, 2.05) is 17.0 Å². The number of aromatic nitrogens is 2. The van der Waals surface area contributed by atoms with Crippen molar-refractivity contribution in [2.45, 2.75) is 51.6 Å². The Kier molecular flexibility index (Phi) is 7.43. The summed E-state index contributed by atoms with van der Waals surface area (Å²) in [7, 11) is 0. The molecule has 2 aliphatic rings. The van der Waals surface area contributed by atoms with Crippen LogP contribution in [0, 0.1) is 0 Å². The molecule has 0 saturated carbocycles. The van der Waals surface area contributed by atoms with Crippen molar-refractivity contribution in [2.75, 3.05) is 24.5 Å². The molecule has 0 radical (unpaired) electrons. The number of amides is 1. The second-order valence-electron chi connectivity index (χ2n) is 9.50. The molecular formula is C27H28ClF3N4O3. The summed E-state index contributed by atoms with van der Waals surface area (Å²) in [5, 5.41) is 0.581. The standard InChI is InChI=1S/C27H28ClF3N4O3/c1-2-3-13-33-17-20-6-5-14-34(20)24-23(25(33)36)35(16-18-9-11-19(28)12-10-18)26(32-24)37-21-7-4-8-22(15-21)38-27(29,30)31/h4,7-12,15,20H,2-3,5-6,13-14,16-17H2,1H3. The summed E-state index contributed by atoms with van der Waals surface area (Å²) in [4.78, 5) is 22.7. The lowest BCUT2D eigenvalue weighted by Gasteiger charge is -2.26. The van der Waals surface area contributed by atoms with Crippen LogP contribution in [0.25, 0.3) is 0 Å². The molecule has 2 aliphatic heterocycles. The van der Waals surface area contributed by atoms with Gasteiger partial charge in [-0.2, -0.15) is 4.98 Å². The van der Waals surface area contributed by atoms with Gasteiger partial charge in [0.15, 0.2) is 11.5 Å². The number of alkyl halides is 3. The first-order valence-electron chi connectivity index (χ1n) is 12.7. The van der Waals surface area contributed by atoms with Gasteiger partial charge >= 0.3 is 12.4 Å². The van der Waals surface area contributed by atoms with Crippen LogP contribution in [0.4, 0.5) is 19.0 Å². The van der Waals surface area contributed by atoms with Crippen LogP contribution in [-0.2, 0) is 6.54 Å². The summed E-state index contributed by atoms with van der Waals surface area (Å²) >= 11 is 6.08. The van der Waals surface area contributed by atoms with Gasteiger partial charge in [-0.15, -0.1) is 13.2 Å². The van der Waals surface area contributed by atoms with E-state index in [0.717, 1.165) is 43.9 Å². The molecule has 1 aromatic heterocycles. The average Bonchev–Trinajstić information content (AvgIpc) is 3.43. The zero-order chi connectivity index (χ0) is 26.9. The van der Waals surface area contributed by atoms with E-state index >= 15 is 0 Å². The molecule has 0 bridgehead atoms. The fourth-order valence-corrected chi connectivity index (χ4v) is 5.13. The highest BCUT2D eigenvalue weighted by Crippen LogP contribution is 2.38. The van der Waals surface area contributed by atoms with Gasteiger partial charge < -0.3 is 19.3 Å². The third-order valence-corrected chi connectivity index (χ3v) is 7.02. The Labute approximate surface area is 223 Å². The summed E-state index contributed by atoms with van der Waals surface area (Å²) < 4.78 is 50.2. The second-order valence-corrected chi connectivity index (χ2v) is 9.93. The van der Waals surface area contributed by atoms with Crippen LogP contribution in [-0.4, -0.2) is 52.4 Å². The highest BCUT2D eigenvalue weighted by atomic mass is 35.5. The van der Waals surface area contributed by atoms with Crippen LogP contribution in [0.1, 0.15) is 48.7 Å². The first-order valence-corrected chi connectivity index (χ1v) is 13.0. The number of halogens is 4. The van der Waals surface area contributed by atoms with Crippen molar-refractivity contribution < 1.29 is 27.4 Å². The Morgan fingerprint density at radius 3 is 2.63 bits per heavy atom. The summed E-state index contributed by atoms with van der Waals surface area (Å²) in [5.74, 6) is 0.114. The fourth-order valence-electron chi connectivity index (χ4n) is 5.00. The van der Waals surface area contributed by atoms with Crippen LogP contribution < -0.4 is 14.4 Å². The number of carbonyl (C=O) groups is 1. The number of carbonyl (C=O) groups excluding carboxylic acids is 1. The monoisotopic (exact) mass is 548 g/mol. The van der Waals surface area contributed by atoms with Gasteiger partial charge in [-0.3, -0.25) is 9.36 Å². The van der Waals surface area contributed by atoms with Crippen molar-refractivity contribution in [1.29, 1.82) is 0 Å². The average molecular weight is 549 g/mol. The topological polar surface area (TPSA) is 59.8 Å². The molecule has 1 fully saturated rings. The van der Waals surface area contributed by atoms with E-state index in [2.05, 4.69) is 16.6 Å². The van der Waals surface area contributed by atoms with Crippen LogP contribution in [0.15, 0.2) is 48.5 Å². The first kappa shape index (κ1) is 26.2. The van der Waals surface area contributed by atoms with Gasteiger partial charge in [0.05, 0.1) is 6.54 Å². The summed E-state index contributed by atoms with van der Waals surface area (Å²) in [6, 6.07) is 12.8. The molecule has 1 unspecified atom stereocenters. The highest BCUT2D eigenvalue weighted by Gasteiger charge is 2.40. The quantitative estimate of drug-likeness (QED) is 0.321. The van der Waals surface area contributed by atoms with Gasteiger partial charge in [0.25, 0.3) is 5.91 Å². The van der Waals surface area contributed by atoms with Crippen LogP contribution >= 0.6 is 11.6 Å². The van der Waals surface area contributed by atoms with E-state index < -0.39 is 12.1 Å². The molecule has 1 atom stereocenters. The maximum Gasteiger partial charge on any atom is 0.573 e. The number of anilines is 1. The van der Waals surface area contributed by atoms with Crippen molar-refractivity contribution in [3.63, 3.8) is 0 Å². The van der Waals surface area contributed by atoms with E-state index in [0.29, 0.717) is 29.6 Å². The maximum absolute atomic E-state index is 13.9. The molecule has 0 aliphatic carbocycles. The smallest absolute Gasteiger partial charge is 0.425 e. The highest BCUT2D eigenvalue weighted by molar-refractivity contribution is 6.30. The lowest BCUT2D eigenvalue weighted by Crippen LogP contribution is -2.40. The molecule has 11 heteroatoms. The Morgan fingerprint density at radius 2 is 1.89 bits per heavy atom. The minimum atomic E-state index is -4.83. The third-order valence-electron chi connectivity index (χ3n) is 6.77. The molecule has 38 heavy (non-hydrogen) atoms. The minimum Gasteiger partial charge on any atom is -0.425 e. The molecule has 1 saturated heterocycles. The number of hydrogen-bond donors (Lipinski definition) is 0. The molecule has 7 nitrogen and oxygen atoms in total. The molecule has 0 N–H and O–H groups in total. The van der Waals surface area contributed by atoms with Crippen LogP contribution in [0.5, 0.6) is 17.5 Å². The van der Waals surface area contributed by atoms with Crippen LogP contribution in [0.3, 0.4) is 0 Å². The molecule has 5 rings (SSSR count). The number of nitrogens with zero attached hydrogens (tertiary/aromatic N) is 4. The molecule has 1 amide bonds. The lowest BCUT2D eigenvalue weighted by molar-refractivity contribution is -0.274. The van der Waals surface area contributed by atoms with E-state index in [9.17, 15) is 18.0 Å².